The Morgan fingerprint density at radius 3 is 2.23 bits per heavy atom. The van der Waals surface area contributed by atoms with E-state index in [2.05, 4.69) is 10.6 Å². The average Bonchev–Trinajstić information content (AvgIpc) is 2.90. The minimum absolute atomic E-state index is 0.0881. The molecule has 1 saturated heterocycles. The standard InChI is InChI=1S/C26H27N3O5S/c30-25(21-10-5-2-6-11-21)28-24(18-20-8-3-1-4-9-20)26(31)27-22-12-7-13-23(19-22)35(32,33)29-14-16-34-17-15-29/h1-13,19,24H,14-18H2,(H,27,31)(H,28,30). The summed E-state index contributed by atoms with van der Waals surface area (Å²) in [6, 6.07) is 23.3. The van der Waals surface area contributed by atoms with E-state index in [1.165, 1.54) is 16.4 Å². The first-order chi connectivity index (χ1) is 16.9. The van der Waals surface area contributed by atoms with Gasteiger partial charge in [-0.3, -0.25) is 9.59 Å². The Labute approximate surface area is 205 Å². The van der Waals surface area contributed by atoms with Gasteiger partial charge in [0.25, 0.3) is 5.91 Å². The predicted octanol–water partition coefficient (Wildman–Crippen LogP) is 2.69. The van der Waals surface area contributed by atoms with Gasteiger partial charge >= 0.3 is 0 Å². The van der Waals surface area contributed by atoms with Crippen LogP contribution in [0, 0.1) is 0 Å². The molecule has 0 saturated carbocycles. The van der Waals surface area contributed by atoms with Crippen LogP contribution in [0.25, 0.3) is 0 Å². The van der Waals surface area contributed by atoms with E-state index in [1.807, 2.05) is 36.4 Å². The summed E-state index contributed by atoms with van der Waals surface area (Å²) in [5.74, 6) is -0.815. The van der Waals surface area contributed by atoms with Crippen molar-refractivity contribution in [2.75, 3.05) is 31.6 Å². The molecule has 1 heterocycles. The molecular weight excluding hydrogens is 466 g/mol. The molecule has 3 aromatic rings. The summed E-state index contributed by atoms with van der Waals surface area (Å²) in [6.07, 6.45) is 0.275. The Hall–Kier alpha value is -3.53. The zero-order chi connectivity index (χ0) is 24.7. The molecule has 1 aliphatic heterocycles. The highest BCUT2D eigenvalue weighted by Crippen LogP contribution is 2.21. The molecule has 0 radical (unpaired) electrons. The van der Waals surface area contributed by atoms with Gasteiger partial charge in [0.15, 0.2) is 0 Å². The number of ether oxygens (including phenoxy) is 1. The largest absolute Gasteiger partial charge is 0.379 e. The number of anilines is 1. The predicted molar refractivity (Wildman–Crippen MR) is 132 cm³/mol. The fourth-order valence-corrected chi connectivity index (χ4v) is 5.24. The second kappa shape index (κ2) is 11.3. The second-order valence-electron chi connectivity index (χ2n) is 8.12. The van der Waals surface area contributed by atoms with Gasteiger partial charge in [0.05, 0.1) is 18.1 Å². The molecule has 9 heteroatoms. The second-order valence-corrected chi connectivity index (χ2v) is 10.1. The first-order valence-electron chi connectivity index (χ1n) is 11.3. The van der Waals surface area contributed by atoms with Crippen molar-refractivity contribution >= 4 is 27.5 Å². The number of sulfonamides is 1. The van der Waals surface area contributed by atoms with E-state index < -0.39 is 22.0 Å². The van der Waals surface area contributed by atoms with Crippen LogP contribution in [-0.2, 0) is 26.0 Å². The van der Waals surface area contributed by atoms with Crippen molar-refractivity contribution in [2.24, 2.45) is 0 Å². The smallest absolute Gasteiger partial charge is 0.251 e. The summed E-state index contributed by atoms with van der Waals surface area (Å²) >= 11 is 0. The molecular formula is C26H27N3O5S. The molecule has 35 heavy (non-hydrogen) atoms. The molecule has 2 amide bonds. The number of benzene rings is 3. The van der Waals surface area contributed by atoms with Crippen LogP contribution >= 0.6 is 0 Å². The van der Waals surface area contributed by atoms with Gasteiger partial charge in [0.1, 0.15) is 6.04 Å². The first kappa shape index (κ1) is 24.6. The van der Waals surface area contributed by atoms with Crippen molar-refractivity contribution in [3.8, 4) is 0 Å². The third kappa shape index (κ3) is 6.33. The summed E-state index contributed by atoms with van der Waals surface area (Å²) < 4.78 is 32.6. The Morgan fingerprint density at radius 2 is 1.54 bits per heavy atom. The number of hydrogen-bond acceptors (Lipinski definition) is 5. The number of carbonyl (C=O) groups is 2. The minimum Gasteiger partial charge on any atom is -0.379 e. The van der Waals surface area contributed by atoms with E-state index in [4.69, 9.17) is 4.74 Å². The van der Waals surface area contributed by atoms with Crippen molar-refractivity contribution in [1.29, 1.82) is 0 Å². The lowest BCUT2D eigenvalue weighted by Gasteiger charge is -2.26. The van der Waals surface area contributed by atoms with Crippen LogP contribution in [0.15, 0.2) is 89.8 Å². The molecule has 8 nitrogen and oxygen atoms in total. The summed E-state index contributed by atoms with van der Waals surface area (Å²) in [5.41, 5.74) is 1.65. The van der Waals surface area contributed by atoms with Crippen molar-refractivity contribution in [3.05, 3.63) is 96.1 Å². The van der Waals surface area contributed by atoms with Gasteiger partial charge in [-0.05, 0) is 35.9 Å². The van der Waals surface area contributed by atoms with E-state index in [0.717, 1.165) is 5.56 Å². The highest BCUT2D eigenvalue weighted by atomic mass is 32.2. The van der Waals surface area contributed by atoms with Crippen LogP contribution in [0.1, 0.15) is 15.9 Å². The fourth-order valence-electron chi connectivity index (χ4n) is 3.79. The van der Waals surface area contributed by atoms with Crippen LogP contribution < -0.4 is 10.6 Å². The number of hydrogen-bond donors (Lipinski definition) is 2. The quantitative estimate of drug-likeness (QED) is 0.502. The van der Waals surface area contributed by atoms with Gasteiger partial charge in [-0.25, -0.2) is 8.42 Å². The summed E-state index contributed by atoms with van der Waals surface area (Å²) in [5, 5.41) is 5.58. The Balaban J connectivity index is 1.53. The normalized spacial score (nSPS) is 15.2. The lowest BCUT2D eigenvalue weighted by Crippen LogP contribution is -2.45. The number of carbonyl (C=O) groups excluding carboxylic acids is 2. The van der Waals surface area contributed by atoms with Crippen LogP contribution in [0.5, 0.6) is 0 Å². The number of morpholine rings is 1. The molecule has 0 spiro atoms. The fraction of sp³-hybridized carbons (Fsp3) is 0.231. The van der Waals surface area contributed by atoms with Crippen molar-refractivity contribution in [2.45, 2.75) is 17.4 Å². The minimum atomic E-state index is -3.71. The number of nitrogens with zero attached hydrogens (tertiary/aromatic N) is 1. The number of rotatable bonds is 8. The van der Waals surface area contributed by atoms with Crippen molar-refractivity contribution in [1.82, 2.24) is 9.62 Å². The van der Waals surface area contributed by atoms with Gasteiger partial charge in [0, 0.05) is 30.8 Å². The average molecular weight is 494 g/mol. The monoisotopic (exact) mass is 493 g/mol. The van der Waals surface area contributed by atoms with Crippen molar-refractivity contribution < 1.29 is 22.7 Å². The first-order valence-corrected chi connectivity index (χ1v) is 12.8. The number of amides is 2. The molecule has 1 atom stereocenters. The van der Waals surface area contributed by atoms with Crippen LogP contribution in [0.3, 0.4) is 0 Å². The van der Waals surface area contributed by atoms with Crippen LogP contribution in [0.2, 0.25) is 0 Å². The van der Waals surface area contributed by atoms with E-state index in [-0.39, 0.29) is 30.3 Å². The maximum absolute atomic E-state index is 13.2. The number of nitrogens with one attached hydrogen (secondary N) is 2. The van der Waals surface area contributed by atoms with Gasteiger partial charge < -0.3 is 15.4 Å². The van der Waals surface area contributed by atoms with E-state index in [1.54, 1.807) is 36.4 Å². The third-order valence-electron chi connectivity index (χ3n) is 5.65. The zero-order valence-corrected chi connectivity index (χ0v) is 19.9. The Bertz CT molecular complexity index is 1260. The highest BCUT2D eigenvalue weighted by Gasteiger charge is 2.27. The summed E-state index contributed by atoms with van der Waals surface area (Å²) in [6.45, 7) is 1.25. The summed E-state index contributed by atoms with van der Waals surface area (Å²) in [4.78, 5) is 26.1. The lowest BCUT2D eigenvalue weighted by molar-refractivity contribution is -0.118. The van der Waals surface area contributed by atoms with E-state index >= 15 is 0 Å². The van der Waals surface area contributed by atoms with Gasteiger partial charge in [-0.2, -0.15) is 4.31 Å². The molecule has 0 bridgehead atoms. The molecule has 1 aliphatic rings. The molecule has 1 unspecified atom stereocenters. The lowest BCUT2D eigenvalue weighted by atomic mass is 10.0. The molecule has 3 aromatic carbocycles. The van der Waals surface area contributed by atoms with Crippen LogP contribution in [0.4, 0.5) is 5.69 Å². The van der Waals surface area contributed by atoms with E-state index in [0.29, 0.717) is 24.5 Å². The maximum Gasteiger partial charge on any atom is 0.251 e. The van der Waals surface area contributed by atoms with Crippen LogP contribution in [-0.4, -0.2) is 56.9 Å². The molecule has 4 rings (SSSR count). The van der Waals surface area contributed by atoms with E-state index in [9.17, 15) is 18.0 Å². The van der Waals surface area contributed by atoms with Gasteiger partial charge in [0.2, 0.25) is 15.9 Å². The van der Waals surface area contributed by atoms with Gasteiger partial charge in [-0.15, -0.1) is 0 Å². The molecule has 0 aliphatic carbocycles. The molecule has 1 fully saturated rings. The molecule has 182 valence electrons. The zero-order valence-electron chi connectivity index (χ0n) is 19.1. The molecule has 0 aromatic heterocycles. The van der Waals surface area contributed by atoms with Gasteiger partial charge in [-0.1, -0.05) is 54.6 Å². The Kier molecular flexibility index (Phi) is 7.91. The third-order valence-corrected chi connectivity index (χ3v) is 7.54. The highest BCUT2D eigenvalue weighted by molar-refractivity contribution is 7.89. The maximum atomic E-state index is 13.2. The molecule has 2 N–H and O–H groups in total. The van der Waals surface area contributed by atoms with Crippen molar-refractivity contribution in [3.63, 3.8) is 0 Å². The Morgan fingerprint density at radius 1 is 0.886 bits per heavy atom. The summed E-state index contributed by atoms with van der Waals surface area (Å²) in [7, 11) is -3.71. The topological polar surface area (TPSA) is 105 Å². The SMILES string of the molecule is O=C(NC(Cc1ccccc1)C(=O)Nc1cccc(S(=O)(=O)N2CCOCC2)c1)c1ccccc1.